The zero-order valence-corrected chi connectivity index (χ0v) is 13.4. The first-order valence-electron chi connectivity index (χ1n) is 7.59. The Hall–Kier alpha value is -0.210. The van der Waals surface area contributed by atoms with Crippen LogP contribution in [0.25, 0.3) is 0 Å². The first-order valence-corrected chi connectivity index (χ1v) is 9.03. The fourth-order valence-electron chi connectivity index (χ4n) is 3.00. The topological polar surface area (TPSA) is 61.9 Å². The van der Waals surface area contributed by atoms with Crippen molar-refractivity contribution in [3.05, 3.63) is 0 Å². The van der Waals surface area contributed by atoms with E-state index in [9.17, 15) is 8.42 Å². The van der Waals surface area contributed by atoms with E-state index in [-0.39, 0.29) is 6.04 Å². The van der Waals surface area contributed by atoms with E-state index in [0.29, 0.717) is 38.9 Å². The molecule has 2 saturated heterocycles. The van der Waals surface area contributed by atoms with Crippen LogP contribution in [0.1, 0.15) is 33.1 Å². The maximum atomic E-state index is 12.2. The van der Waals surface area contributed by atoms with Gasteiger partial charge in [0, 0.05) is 31.7 Å². The van der Waals surface area contributed by atoms with E-state index in [0.717, 1.165) is 6.54 Å². The van der Waals surface area contributed by atoms with Crippen LogP contribution in [-0.2, 0) is 14.9 Å². The van der Waals surface area contributed by atoms with E-state index in [1.165, 1.54) is 23.6 Å². The summed E-state index contributed by atoms with van der Waals surface area (Å²) < 4.78 is 33.8. The molecule has 118 valence electrons. The van der Waals surface area contributed by atoms with E-state index in [4.69, 9.17) is 4.74 Å². The number of nitrogens with one attached hydrogen (secondary N) is 1. The third kappa shape index (κ3) is 4.14. The number of rotatable bonds is 5. The van der Waals surface area contributed by atoms with Crippen molar-refractivity contribution >= 4 is 10.2 Å². The lowest BCUT2D eigenvalue weighted by Crippen LogP contribution is -2.52. The van der Waals surface area contributed by atoms with Crippen LogP contribution in [0.4, 0.5) is 0 Å². The first kappa shape index (κ1) is 16.2. The predicted molar refractivity (Wildman–Crippen MR) is 78.8 cm³/mol. The van der Waals surface area contributed by atoms with Crippen LogP contribution >= 0.6 is 0 Å². The van der Waals surface area contributed by atoms with Gasteiger partial charge in [0.1, 0.15) is 0 Å². The Morgan fingerprint density at radius 1 is 1.25 bits per heavy atom. The molecule has 2 aliphatic rings. The number of nitrogens with zero attached hydrogens (tertiary/aromatic N) is 2. The quantitative estimate of drug-likeness (QED) is 0.799. The van der Waals surface area contributed by atoms with Gasteiger partial charge in [0.25, 0.3) is 10.2 Å². The molecule has 2 atom stereocenters. The average molecular weight is 305 g/mol. The standard InChI is InChI=1S/C13H27N3O3S/c1-12-5-3-4-6-16(12)13(2)11-14-20(17,18)15-7-9-19-10-8-15/h12-14H,3-11H2,1-2H3/t12-,13-/m1/s1. The molecule has 20 heavy (non-hydrogen) atoms. The Morgan fingerprint density at radius 3 is 2.60 bits per heavy atom. The molecule has 0 aliphatic carbocycles. The van der Waals surface area contributed by atoms with Gasteiger partial charge in [0.05, 0.1) is 13.2 Å². The molecule has 0 bridgehead atoms. The molecule has 0 spiro atoms. The van der Waals surface area contributed by atoms with Gasteiger partial charge in [-0.2, -0.15) is 12.7 Å². The van der Waals surface area contributed by atoms with Gasteiger partial charge in [0.15, 0.2) is 0 Å². The minimum absolute atomic E-state index is 0.237. The molecule has 2 heterocycles. The van der Waals surface area contributed by atoms with E-state index >= 15 is 0 Å². The largest absolute Gasteiger partial charge is 0.379 e. The van der Waals surface area contributed by atoms with Crippen LogP contribution in [0.5, 0.6) is 0 Å². The smallest absolute Gasteiger partial charge is 0.279 e. The van der Waals surface area contributed by atoms with Crippen molar-refractivity contribution in [2.75, 3.05) is 39.4 Å². The molecule has 7 heteroatoms. The second-order valence-electron chi connectivity index (χ2n) is 5.80. The van der Waals surface area contributed by atoms with Gasteiger partial charge in [-0.3, -0.25) is 4.90 Å². The summed E-state index contributed by atoms with van der Waals surface area (Å²) >= 11 is 0. The Labute approximate surface area is 122 Å². The van der Waals surface area contributed by atoms with Crippen molar-refractivity contribution in [2.45, 2.75) is 45.2 Å². The molecular formula is C13H27N3O3S. The van der Waals surface area contributed by atoms with Crippen LogP contribution in [-0.4, -0.2) is 69.1 Å². The molecule has 0 aromatic heterocycles. The number of ether oxygens (including phenoxy) is 1. The highest BCUT2D eigenvalue weighted by Crippen LogP contribution is 2.18. The van der Waals surface area contributed by atoms with Crippen molar-refractivity contribution in [1.29, 1.82) is 0 Å². The molecule has 0 amide bonds. The normalized spacial score (nSPS) is 28.4. The molecule has 1 N–H and O–H groups in total. The molecule has 2 rings (SSSR count). The van der Waals surface area contributed by atoms with Gasteiger partial charge in [-0.05, 0) is 33.2 Å². The molecule has 0 aromatic rings. The van der Waals surface area contributed by atoms with Crippen LogP contribution in [0.3, 0.4) is 0 Å². The summed E-state index contributed by atoms with van der Waals surface area (Å²) in [6.45, 7) is 7.74. The molecule has 0 unspecified atom stereocenters. The molecule has 6 nitrogen and oxygen atoms in total. The molecule has 0 radical (unpaired) electrons. The highest BCUT2D eigenvalue weighted by molar-refractivity contribution is 7.87. The maximum Gasteiger partial charge on any atom is 0.279 e. The van der Waals surface area contributed by atoms with Gasteiger partial charge in [-0.1, -0.05) is 6.42 Å². The minimum Gasteiger partial charge on any atom is -0.379 e. The van der Waals surface area contributed by atoms with Crippen LogP contribution < -0.4 is 4.72 Å². The summed E-state index contributed by atoms with van der Waals surface area (Å²) in [6, 6.07) is 0.785. The van der Waals surface area contributed by atoms with E-state index in [2.05, 4.69) is 23.5 Å². The van der Waals surface area contributed by atoms with Crippen LogP contribution in [0, 0.1) is 0 Å². The summed E-state index contributed by atoms with van der Waals surface area (Å²) in [5.74, 6) is 0. The molecule has 0 aromatic carbocycles. The molecule has 2 aliphatic heterocycles. The third-order valence-electron chi connectivity index (χ3n) is 4.29. The lowest BCUT2D eigenvalue weighted by molar-refractivity contribution is 0.0720. The average Bonchev–Trinajstić information content (AvgIpc) is 2.46. The van der Waals surface area contributed by atoms with Gasteiger partial charge >= 0.3 is 0 Å². The number of morpholine rings is 1. The summed E-state index contributed by atoms with van der Waals surface area (Å²) in [7, 11) is -3.36. The highest BCUT2D eigenvalue weighted by Gasteiger charge is 2.27. The first-order chi connectivity index (χ1) is 9.50. The monoisotopic (exact) mass is 305 g/mol. The van der Waals surface area contributed by atoms with E-state index in [1.54, 1.807) is 0 Å². The van der Waals surface area contributed by atoms with Crippen molar-refractivity contribution in [2.24, 2.45) is 0 Å². The molecule has 0 saturated carbocycles. The van der Waals surface area contributed by atoms with Gasteiger partial charge < -0.3 is 4.74 Å². The van der Waals surface area contributed by atoms with Crippen LogP contribution in [0.2, 0.25) is 0 Å². The zero-order chi connectivity index (χ0) is 14.6. The lowest BCUT2D eigenvalue weighted by atomic mass is 10.0. The SMILES string of the molecule is C[C@@H]1CCCCN1[C@H](C)CNS(=O)(=O)N1CCOCC1. The summed E-state index contributed by atoms with van der Waals surface area (Å²) in [4.78, 5) is 2.41. The molecule has 2 fully saturated rings. The number of hydrogen-bond acceptors (Lipinski definition) is 4. The number of hydrogen-bond donors (Lipinski definition) is 1. The van der Waals surface area contributed by atoms with Crippen LogP contribution in [0.15, 0.2) is 0 Å². The minimum atomic E-state index is -3.36. The second kappa shape index (κ2) is 7.17. The predicted octanol–water partition coefficient (Wildman–Crippen LogP) is 0.416. The highest BCUT2D eigenvalue weighted by atomic mass is 32.2. The van der Waals surface area contributed by atoms with Crippen molar-refractivity contribution < 1.29 is 13.2 Å². The van der Waals surface area contributed by atoms with Gasteiger partial charge in [-0.25, -0.2) is 4.72 Å². The van der Waals surface area contributed by atoms with Gasteiger partial charge in [-0.15, -0.1) is 0 Å². The summed E-state index contributed by atoms with van der Waals surface area (Å²) in [6.07, 6.45) is 3.70. The number of likely N-dealkylation sites (tertiary alicyclic amines) is 1. The zero-order valence-electron chi connectivity index (χ0n) is 12.5. The molecular weight excluding hydrogens is 278 g/mol. The number of piperidine rings is 1. The van der Waals surface area contributed by atoms with Crippen molar-refractivity contribution in [3.8, 4) is 0 Å². The van der Waals surface area contributed by atoms with E-state index < -0.39 is 10.2 Å². The van der Waals surface area contributed by atoms with E-state index in [1.807, 2.05) is 0 Å². The van der Waals surface area contributed by atoms with Crippen molar-refractivity contribution in [3.63, 3.8) is 0 Å². The van der Waals surface area contributed by atoms with Gasteiger partial charge in [0.2, 0.25) is 0 Å². The fraction of sp³-hybridized carbons (Fsp3) is 1.00. The Kier molecular flexibility index (Phi) is 5.80. The fourth-order valence-corrected chi connectivity index (χ4v) is 4.26. The third-order valence-corrected chi connectivity index (χ3v) is 5.87. The summed E-state index contributed by atoms with van der Waals surface area (Å²) in [5, 5.41) is 0. The maximum absolute atomic E-state index is 12.2. The Balaban J connectivity index is 1.83. The summed E-state index contributed by atoms with van der Waals surface area (Å²) in [5.41, 5.74) is 0. The lowest BCUT2D eigenvalue weighted by Gasteiger charge is -2.38. The van der Waals surface area contributed by atoms with Crippen molar-refractivity contribution in [1.82, 2.24) is 13.9 Å². The Bertz CT molecular complexity index is 396. The Morgan fingerprint density at radius 2 is 1.95 bits per heavy atom. The second-order valence-corrected chi connectivity index (χ2v) is 7.55.